The quantitative estimate of drug-likeness (QED) is 0.331. The van der Waals surface area contributed by atoms with E-state index in [4.69, 9.17) is 0 Å². The summed E-state index contributed by atoms with van der Waals surface area (Å²) in [5.41, 5.74) is 0. The molecule has 0 atom stereocenters. The minimum absolute atomic E-state index is 0.0116. The standard InChI is InChI=1S/C8H9F13OSi2/c9-3(10,1-2-24-22-23)4(11,12)5(13,14)6(15,16)7(17,18)8(19,20)21/h1-2,24H2,23H3. The van der Waals surface area contributed by atoms with E-state index < -0.39 is 58.0 Å². The lowest BCUT2D eigenvalue weighted by molar-refractivity contribution is -0.439. The van der Waals surface area contributed by atoms with Crippen molar-refractivity contribution in [3.8, 4) is 0 Å². The lowest BCUT2D eigenvalue weighted by atomic mass is 9.93. The van der Waals surface area contributed by atoms with Crippen molar-refractivity contribution in [2.24, 2.45) is 0 Å². The van der Waals surface area contributed by atoms with E-state index in [0.717, 1.165) is 0 Å². The highest BCUT2D eigenvalue weighted by Gasteiger charge is 2.90. The number of halogens is 13. The number of hydrogen-bond acceptors (Lipinski definition) is 1. The summed E-state index contributed by atoms with van der Waals surface area (Å²) in [6, 6.07) is -0.913. The van der Waals surface area contributed by atoms with Gasteiger partial charge in [-0.05, 0) is 6.04 Å². The van der Waals surface area contributed by atoms with Crippen LogP contribution in [0.25, 0.3) is 0 Å². The summed E-state index contributed by atoms with van der Waals surface area (Å²) in [6.45, 7) is 0. The molecule has 0 saturated carbocycles. The first-order chi connectivity index (χ1) is 10.3. The molecule has 0 N–H and O–H groups in total. The summed E-state index contributed by atoms with van der Waals surface area (Å²) in [7, 11) is -1.87. The SMILES string of the molecule is FC(F)(F)C(F)(F)C(F)(F)C(F)(F)C(F)(F)C(F)(F)CC[SiH2]O[SiH3]. The van der Waals surface area contributed by atoms with Gasteiger partial charge in [-0.25, -0.2) is 0 Å². The Kier molecular flexibility index (Phi) is 6.51. The number of rotatable bonds is 8. The Labute approximate surface area is 131 Å². The molecule has 0 aliphatic heterocycles. The lowest BCUT2D eigenvalue weighted by Crippen LogP contribution is -2.70. The van der Waals surface area contributed by atoms with E-state index in [0.29, 0.717) is 0 Å². The molecule has 0 spiro atoms. The number of hydrogen-bond donors (Lipinski definition) is 0. The van der Waals surface area contributed by atoms with Gasteiger partial charge in [-0.15, -0.1) is 0 Å². The fraction of sp³-hybridized carbons (Fsp3) is 1.00. The highest BCUT2D eigenvalue weighted by atomic mass is 28.3. The topological polar surface area (TPSA) is 9.23 Å². The lowest BCUT2D eigenvalue weighted by Gasteiger charge is -2.39. The molecule has 146 valence electrons. The highest BCUT2D eigenvalue weighted by Crippen LogP contribution is 2.60. The molecule has 24 heavy (non-hydrogen) atoms. The van der Waals surface area contributed by atoms with Crippen molar-refractivity contribution in [3.63, 3.8) is 0 Å². The molecule has 1 nitrogen and oxygen atoms in total. The van der Waals surface area contributed by atoms with Crippen LogP contribution in [0, 0.1) is 0 Å². The molecule has 0 aromatic carbocycles. The van der Waals surface area contributed by atoms with E-state index in [1.807, 2.05) is 0 Å². The molecular weight excluding hydrogens is 415 g/mol. The van der Waals surface area contributed by atoms with E-state index in [-0.39, 0.29) is 10.5 Å². The van der Waals surface area contributed by atoms with Gasteiger partial charge in [-0.1, -0.05) is 0 Å². The molecule has 0 bridgehead atoms. The maximum absolute atomic E-state index is 13.1. The van der Waals surface area contributed by atoms with Crippen LogP contribution in [-0.2, 0) is 4.12 Å². The van der Waals surface area contributed by atoms with Gasteiger partial charge in [-0.3, -0.25) is 0 Å². The average molecular weight is 424 g/mol. The Morgan fingerprint density at radius 3 is 1.33 bits per heavy atom. The van der Waals surface area contributed by atoms with Gasteiger partial charge in [0.15, 0.2) is 0 Å². The maximum Gasteiger partial charge on any atom is 0.460 e. The Hall–Kier alpha value is -0.516. The van der Waals surface area contributed by atoms with Crippen LogP contribution in [0.5, 0.6) is 0 Å². The normalized spacial score (nSPS) is 16.4. The molecule has 0 amide bonds. The predicted octanol–water partition coefficient (Wildman–Crippen LogP) is 2.91. The van der Waals surface area contributed by atoms with Crippen molar-refractivity contribution in [2.45, 2.75) is 48.3 Å². The summed E-state index contributed by atoms with van der Waals surface area (Å²) in [6.07, 6.45) is -9.52. The predicted molar refractivity (Wildman–Crippen MR) is 59.8 cm³/mol. The van der Waals surface area contributed by atoms with Crippen molar-refractivity contribution >= 4 is 20.2 Å². The summed E-state index contributed by atoms with van der Waals surface area (Å²) in [5, 5.41) is 0. The zero-order valence-corrected chi connectivity index (χ0v) is 14.9. The third-order valence-electron chi connectivity index (χ3n) is 2.84. The van der Waals surface area contributed by atoms with Crippen LogP contribution in [0.15, 0.2) is 0 Å². The fourth-order valence-corrected chi connectivity index (χ4v) is 3.14. The van der Waals surface area contributed by atoms with Crippen LogP contribution in [-0.4, -0.2) is 56.0 Å². The van der Waals surface area contributed by atoms with Gasteiger partial charge in [0.2, 0.25) is 0 Å². The van der Waals surface area contributed by atoms with Gasteiger partial charge >= 0.3 is 35.8 Å². The molecule has 0 unspecified atom stereocenters. The van der Waals surface area contributed by atoms with Gasteiger partial charge in [0.05, 0.1) is 0 Å². The van der Waals surface area contributed by atoms with Crippen molar-refractivity contribution in [1.29, 1.82) is 0 Å². The summed E-state index contributed by atoms with van der Waals surface area (Å²) in [4.78, 5) is 0. The van der Waals surface area contributed by atoms with Crippen LogP contribution in [0.1, 0.15) is 6.42 Å². The van der Waals surface area contributed by atoms with Crippen LogP contribution < -0.4 is 0 Å². The molecule has 0 heterocycles. The van der Waals surface area contributed by atoms with Gasteiger partial charge in [0.25, 0.3) is 0 Å². The Morgan fingerprint density at radius 2 is 1.00 bits per heavy atom. The second kappa shape index (κ2) is 6.66. The first-order valence-corrected chi connectivity index (χ1v) is 8.15. The van der Waals surface area contributed by atoms with Crippen molar-refractivity contribution in [1.82, 2.24) is 0 Å². The summed E-state index contributed by atoms with van der Waals surface area (Å²) < 4.78 is 169. The molecule has 0 aromatic heterocycles. The number of alkyl halides is 13. The first kappa shape index (κ1) is 23.5. The molecule has 0 saturated heterocycles. The maximum atomic E-state index is 13.1. The third kappa shape index (κ3) is 3.54. The largest absolute Gasteiger partial charge is 0.468 e. The molecule has 0 fully saturated rings. The Morgan fingerprint density at radius 1 is 0.625 bits per heavy atom. The second-order valence-electron chi connectivity index (χ2n) is 4.60. The Balaban J connectivity index is 5.92. The zero-order chi connectivity index (χ0) is 19.8. The van der Waals surface area contributed by atoms with Gasteiger partial charge < -0.3 is 4.12 Å². The highest BCUT2D eigenvalue weighted by molar-refractivity contribution is 6.34. The first-order valence-electron chi connectivity index (χ1n) is 5.76. The van der Waals surface area contributed by atoms with Gasteiger partial charge in [-0.2, -0.15) is 57.1 Å². The molecule has 0 aromatic rings. The minimum atomic E-state index is -7.82. The van der Waals surface area contributed by atoms with Crippen LogP contribution in [0.4, 0.5) is 57.1 Å². The zero-order valence-electron chi connectivity index (χ0n) is 11.4. The second-order valence-corrected chi connectivity index (χ2v) is 8.02. The van der Waals surface area contributed by atoms with E-state index in [9.17, 15) is 57.1 Å². The fourth-order valence-electron chi connectivity index (χ4n) is 1.40. The minimum Gasteiger partial charge on any atom is -0.468 e. The Bertz CT molecular complexity index is 432. The molecular formula is C8H9F13OSi2. The summed E-state index contributed by atoms with van der Waals surface area (Å²) >= 11 is 0. The van der Waals surface area contributed by atoms with Crippen LogP contribution in [0.3, 0.4) is 0 Å². The monoisotopic (exact) mass is 424 g/mol. The van der Waals surface area contributed by atoms with E-state index in [1.165, 1.54) is 0 Å². The summed E-state index contributed by atoms with van der Waals surface area (Å²) in [5.74, 6) is -36.3. The van der Waals surface area contributed by atoms with Gasteiger partial charge in [0, 0.05) is 6.42 Å². The molecule has 16 heteroatoms. The molecule has 0 rings (SSSR count). The van der Waals surface area contributed by atoms with E-state index in [1.54, 1.807) is 0 Å². The van der Waals surface area contributed by atoms with Crippen molar-refractivity contribution in [2.75, 3.05) is 0 Å². The van der Waals surface area contributed by atoms with E-state index in [2.05, 4.69) is 4.12 Å². The van der Waals surface area contributed by atoms with Crippen molar-refractivity contribution < 1.29 is 61.2 Å². The molecule has 0 aliphatic rings. The van der Waals surface area contributed by atoms with Crippen LogP contribution >= 0.6 is 0 Å². The van der Waals surface area contributed by atoms with Crippen molar-refractivity contribution in [3.05, 3.63) is 0 Å². The smallest absolute Gasteiger partial charge is 0.460 e. The van der Waals surface area contributed by atoms with Gasteiger partial charge in [0.1, 0.15) is 20.2 Å². The molecule has 0 radical (unpaired) electrons. The van der Waals surface area contributed by atoms with Crippen LogP contribution in [0.2, 0.25) is 6.04 Å². The van der Waals surface area contributed by atoms with E-state index >= 15 is 0 Å². The third-order valence-corrected chi connectivity index (χ3v) is 5.11. The average Bonchev–Trinajstić information content (AvgIpc) is 2.36. The molecule has 0 aliphatic carbocycles.